The van der Waals surface area contributed by atoms with Gasteiger partial charge in [0, 0.05) is 32.3 Å². The lowest BCUT2D eigenvalue weighted by Gasteiger charge is -2.29. The third-order valence-electron chi connectivity index (χ3n) is 4.78. The molecule has 0 saturated carbocycles. The number of para-hydroxylation sites is 2. The Balaban J connectivity index is 1.59. The van der Waals surface area contributed by atoms with Crippen LogP contribution in [0, 0.1) is 0 Å². The summed E-state index contributed by atoms with van der Waals surface area (Å²) in [6.07, 6.45) is 2.01. The SMILES string of the molecule is CC1(C)OC(=O)C(=CNc2ccccc2C(=O)N2CCc3ccccc32)C(=O)O1. The number of cyclic esters (lactones) is 2. The number of hydrogen-bond donors (Lipinski definition) is 1. The number of ether oxygens (including phenoxy) is 2. The fourth-order valence-corrected chi connectivity index (χ4v) is 3.42. The van der Waals surface area contributed by atoms with Gasteiger partial charge in [-0.15, -0.1) is 0 Å². The van der Waals surface area contributed by atoms with Crippen LogP contribution in [-0.2, 0) is 25.5 Å². The van der Waals surface area contributed by atoms with E-state index in [0.29, 0.717) is 17.8 Å². The van der Waals surface area contributed by atoms with E-state index in [4.69, 9.17) is 9.47 Å². The van der Waals surface area contributed by atoms with Gasteiger partial charge >= 0.3 is 11.9 Å². The molecule has 148 valence electrons. The van der Waals surface area contributed by atoms with Crippen LogP contribution in [-0.4, -0.2) is 30.2 Å². The van der Waals surface area contributed by atoms with Crippen LogP contribution in [0.2, 0.25) is 0 Å². The highest BCUT2D eigenvalue weighted by molar-refractivity contribution is 6.16. The molecule has 1 saturated heterocycles. The van der Waals surface area contributed by atoms with Gasteiger partial charge in [-0.05, 0) is 30.2 Å². The molecule has 0 unspecified atom stereocenters. The highest BCUT2D eigenvalue weighted by Gasteiger charge is 2.39. The molecule has 2 aliphatic heterocycles. The van der Waals surface area contributed by atoms with E-state index in [9.17, 15) is 14.4 Å². The summed E-state index contributed by atoms with van der Waals surface area (Å²) >= 11 is 0. The number of amides is 1. The minimum absolute atomic E-state index is 0.161. The average molecular weight is 392 g/mol. The van der Waals surface area contributed by atoms with Gasteiger partial charge in [0.2, 0.25) is 0 Å². The second kappa shape index (κ2) is 7.09. The van der Waals surface area contributed by atoms with Crippen LogP contribution in [0.5, 0.6) is 0 Å². The molecular weight excluding hydrogens is 372 g/mol. The highest BCUT2D eigenvalue weighted by atomic mass is 16.7. The van der Waals surface area contributed by atoms with Gasteiger partial charge < -0.3 is 19.7 Å². The molecule has 0 radical (unpaired) electrons. The number of esters is 2. The average Bonchev–Trinajstić information content (AvgIpc) is 3.10. The summed E-state index contributed by atoms with van der Waals surface area (Å²) in [4.78, 5) is 39.1. The normalized spacial score (nSPS) is 17.3. The molecule has 0 spiro atoms. The first-order valence-electron chi connectivity index (χ1n) is 9.28. The van der Waals surface area contributed by atoms with Crippen LogP contribution in [0.3, 0.4) is 0 Å². The van der Waals surface area contributed by atoms with Crippen LogP contribution in [0.4, 0.5) is 11.4 Å². The van der Waals surface area contributed by atoms with E-state index in [0.717, 1.165) is 17.7 Å². The van der Waals surface area contributed by atoms with E-state index in [1.54, 1.807) is 29.2 Å². The molecule has 29 heavy (non-hydrogen) atoms. The van der Waals surface area contributed by atoms with Gasteiger partial charge in [-0.25, -0.2) is 9.59 Å². The molecule has 2 heterocycles. The van der Waals surface area contributed by atoms with Crippen molar-refractivity contribution >= 4 is 29.2 Å². The Hall–Kier alpha value is -3.61. The number of carbonyl (C=O) groups excluding carboxylic acids is 3. The largest absolute Gasteiger partial charge is 0.419 e. The van der Waals surface area contributed by atoms with E-state index in [-0.39, 0.29) is 11.5 Å². The molecule has 2 aliphatic rings. The maximum atomic E-state index is 13.2. The lowest BCUT2D eigenvalue weighted by Crippen LogP contribution is -2.42. The molecule has 1 N–H and O–H groups in total. The van der Waals surface area contributed by atoms with Gasteiger partial charge in [-0.1, -0.05) is 30.3 Å². The Kier molecular flexibility index (Phi) is 4.58. The fourth-order valence-electron chi connectivity index (χ4n) is 3.42. The van der Waals surface area contributed by atoms with Crippen molar-refractivity contribution in [3.8, 4) is 0 Å². The van der Waals surface area contributed by atoms with Gasteiger partial charge in [0.05, 0.1) is 11.3 Å². The van der Waals surface area contributed by atoms with Gasteiger partial charge in [0.25, 0.3) is 11.7 Å². The number of rotatable bonds is 3. The molecule has 0 aromatic heterocycles. The lowest BCUT2D eigenvalue weighted by molar-refractivity contribution is -0.222. The predicted molar refractivity (Wildman–Crippen MR) is 106 cm³/mol. The van der Waals surface area contributed by atoms with Crippen LogP contribution in [0.1, 0.15) is 29.8 Å². The summed E-state index contributed by atoms with van der Waals surface area (Å²) in [7, 11) is 0. The minimum atomic E-state index is -1.30. The van der Waals surface area contributed by atoms with Crippen molar-refractivity contribution in [2.75, 3.05) is 16.8 Å². The first-order chi connectivity index (χ1) is 13.9. The third-order valence-corrected chi connectivity index (χ3v) is 4.78. The molecule has 2 aromatic rings. The van der Waals surface area contributed by atoms with Crippen LogP contribution < -0.4 is 10.2 Å². The van der Waals surface area contributed by atoms with Crippen molar-refractivity contribution in [2.45, 2.75) is 26.1 Å². The summed E-state index contributed by atoms with van der Waals surface area (Å²) in [6, 6.07) is 14.7. The number of carbonyl (C=O) groups is 3. The number of anilines is 2. The number of fused-ring (bicyclic) bond motifs is 1. The fraction of sp³-hybridized carbons (Fsp3) is 0.227. The molecular formula is C22H20N2O5. The zero-order chi connectivity index (χ0) is 20.6. The zero-order valence-corrected chi connectivity index (χ0v) is 16.1. The van der Waals surface area contributed by atoms with Crippen molar-refractivity contribution in [1.29, 1.82) is 0 Å². The molecule has 0 aliphatic carbocycles. The minimum Gasteiger partial charge on any atom is -0.419 e. The second-order valence-corrected chi connectivity index (χ2v) is 7.26. The standard InChI is InChI=1S/C22H20N2O5/c1-22(2)28-20(26)16(21(27)29-22)13-23-17-9-5-4-8-15(17)19(25)24-12-11-14-7-3-6-10-18(14)24/h3-10,13,23H,11-12H2,1-2H3. The molecule has 0 atom stereocenters. The van der Waals surface area contributed by atoms with Crippen LogP contribution in [0.25, 0.3) is 0 Å². The number of nitrogens with one attached hydrogen (secondary N) is 1. The maximum Gasteiger partial charge on any atom is 0.350 e. The summed E-state index contributed by atoms with van der Waals surface area (Å²) in [5.41, 5.74) is 2.66. The number of hydrogen-bond acceptors (Lipinski definition) is 6. The molecule has 4 rings (SSSR count). The van der Waals surface area contributed by atoms with Gasteiger partial charge in [-0.2, -0.15) is 0 Å². The Bertz CT molecular complexity index is 1020. The van der Waals surface area contributed by atoms with E-state index in [1.165, 1.54) is 20.0 Å². The van der Waals surface area contributed by atoms with E-state index >= 15 is 0 Å². The Morgan fingerprint density at radius 3 is 2.45 bits per heavy atom. The van der Waals surface area contributed by atoms with Crippen molar-refractivity contribution in [1.82, 2.24) is 0 Å². The van der Waals surface area contributed by atoms with Crippen molar-refractivity contribution in [3.05, 3.63) is 71.4 Å². The predicted octanol–water partition coefficient (Wildman–Crippen LogP) is 3.02. The Labute approximate surface area is 167 Å². The Morgan fingerprint density at radius 2 is 1.69 bits per heavy atom. The van der Waals surface area contributed by atoms with Gasteiger partial charge in [-0.3, -0.25) is 4.79 Å². The van der Waals surface area contributed by atoms with E-state index in [1.807, 2.05) is 24.3 Å². The van der Waals surface area contributed by atoms with Gasteiger partial charge in [0.1, 0.15) is 0 Å². The molecule has 0 bridgehead atoms. The quantitative estimate of drug-likeness (QED) is 0.491. The zero-order valence-electron chi connectivity index (χ0n) is 16.1. The molecule has 1 amide bonds. The van der Waals surface area contributed by atoms with Crippen LogP contribution in [0.15, 0.2) is 60.3 Å². The third kappa shape index (κ3) is 3.59. The van der Waals surface area contributed by atoms with Crippen LogP contribution >= 0.6 is 0 Å². The van der Waals surface area contributed by atoms with Gasteiger partial charge in [0.15, 0.2) is 5.57 Å². The maximum absolute atomic E-state index is 13.2. The summed E-state index contributed by atoms with van der Waals surface area (Å²) in [5.74, 6) is -3.03. The first kappa shape index (κ1) is 18.7. The monoisotopic (exact) mass is 392 g/mol. The van der Waals surface area contributed by atoms with Crippen molar-refractivity contribution < 1.29 is 23.9 Å². The summed E-state index contributed by atoms with van der Waals surface area (Å²) in [5, 5.41) is 2.89. The van der Waals surface area contributed by atoms with E-state index < -0.39 is 17.7 Å². The topological polar surface area (TPSA) is 84.9 Å². The van der Waals surface area contributed by atoms with Crippen molar-refractivity contribution in [2.24, 2.45) is 0 Å². The second-order valence-electron chi connectivity index (χ2n) is 7.26. The molecule has 7 heteroatoms. The molecule has 1 fully saturated rings. The molecule has 7 nitrogen and oxygen atoms in total. The lowest BCUT2D eigenvalue weighted by atomic mass is 10.1. The number of benzene rings is 2. The Morgan fingerprint density at radius 1 is 1.03 bits per heavy atom. The summed E-state index contributed by atoms with van der Waals surface area (Å²) in [6.45, 7) is 3.56. The first-order valence-corrected chi connectivity index (χ1v) is 9.28. The van der Waals surface area contributed by atoms with E-state index in [2.05, 4.69) is 5.32 Å². The van der Waals surface area contributed by atoms with Crippen molar-refractivity contribution in [3.63, 3.8) is 0 Å². The number of nitrogens with zero attached hydrogens (tertiary/aromatic N) is 1. The smallest absolute Gasteiger partial charge is 0.350 e. The molecule has 2 aromatic carbocycles. The summed E-state index contributed by atoms with van der Waals surface area (Å²) < 4.78 is 10.2. The highest BCUT2D eigenvalue weighted by Crippen LogP contribution is 2.30.